The molecule has 15 heteroatoms. The van der Waals surface area contributed by atoms with Crippen LogP contribution in [0.15, 0.2) is 76.0 Å². The van der Waals surface area contributed by atoms with Gasteiger partial charge in [0.15, 0.2) is 16.7 Å². The number of pyridine rings is 1. The Balaban J connectivity index is 0.000000794. The van der Waals surface area contributed by atoms with Crippen LogP contribution in [0.1, 0.15) is 45.2 Å². The number of carbonyl (C=O) groups excluding carboxylic acids is 2. The SMILES string of the molecule is COc1cccc(Sc2cnc(Nc3nc(C4CCN(C(=O)OC(C)(C)C)CC4)cs3)c(Oc3ccc(F)cc3)c2)c1.O=CC(F)(F)F. The summed E-state index contributed by atoms with van der Waals surface area (Å²) < 4.78 is 61.8. The number of nitrogens with zero attached hydrogens (tertiary/aromatic N) is 3. The number of nitrogens with one attached hydrogen (secondary N) is 1. The molecule has 1 N–H and O–H groups in total. The maximum atomic E-state index is 13.5. The summed E-state index contributed by atoms with van der Waals surface area (Å²) in [6.07, 6.45) is -2.57. The van der Waals surface area contributed by atoms with E-state index in [9.17, 15) is 22.4 Å². The van der Waals surface area contributed by atoms with Crippen molar-refractivity contribution in [3.05, 3.63) is 77.7 Å². The number of methoxy groups -OCH3 is 1. The lowest BCUT2D eigenvalue weighted by atomic mass is 9.94. The van der Waals surface area contributed by atoms with E-state index in [2.05, 4.69) is 10.3 Å². The number of benzene rings is 2. The van der Waals surface area contributed by atoms with Gasteiger partial charge in [-0.15, -0.1) is 11.3 Å². The number of carbonyl (C=O) groups is 2. The topological polar surface area (TPSA) is 103 Å². The number of rotatable bonds is 8. The Bertz CT molecular complexity index is 1670. The van der Waals surface area contributed by atoms with E-state index in [0.29, 0.717) is 35.5 Å². The van der Waals surface area contributed by atoms with Crippen LogP contribution in [0.3, 0.4) is 0 Å². The van der Waals surface area contributed by atoms with Crippen LogP contribution < -0.4 is 14.8 Å². The van der Waals surface area contributed by atoms with Gasteiger partial charge in [0.1, 0.15) is 22.9 Å². The van der Waals surface area contributed by atoms with E-state index in [1.165, 1.54) is 35.2 Å². The highest BCUT2D eigenvalue weighted by molar-refractivity contribution is 7.99. The van der Waals surface area contributed by atoms with Crippen LogP contribution in [0.2, 0.25) is 0 Å². The molecule has 3 heterocycles. The summed E-state index contributed by atoms with van der Waals surface area (Å²) in [5.41, 5.74) is 0.473. The van der Waals surface area contributed by atoms with Crippen LogP contribution >= 0.6 is 23.1 Å². The quantitative estimate of drug-likeness (QED) is 0.142. The number of amides is 1. The van der Waals surface area contributed by atoms with E-state index >= 15 is 0 Å². The van der Waals surface area contributed by atoms with Gasteiger partial charge in [0.2, 0.25) is 6.29 Å². The zero-order valence-electron chi connectivity index (χ0n) is 26.5. The molecular weight excluding hydrogens is 673 g/mol. The zero-order valence-corrected chi connectivity index (χ0v) is 28.2. The Morgan fingerprint density at radius 1 is 1.04 bits per heavy atom. The summed E-state index contributed by atoms with van der Waals surface area (Å²) >= 11 is 3.02. The van der Waals surface area contributed by atoms with Crippen LogP contribution in [0.4, 0.5) is 33.3 Å². The second-order valence-corrected chi connectivity index (χ2v) is 13.5. The van der Waals surface area contributed by atoms with Gasteiger partial charge in [0.05, 0.1) is 12.8 Å². The zero-order chi connectivity index (χ0) is 34.9. The predicted molar refractivity (Wildman–Crippen MR) is 175 cm³/mol. The van der Waals surface area contributed by atoms with Gasteiger partial charge in [-0.3, -0.25) is 4.79 Å². The fraction of sp³-hybridized carbons (Fsp3) is 0.333. The van der Waals surface area contributed by atoms with Crippen molar-refractivity contribution < 1.29 is 41.4 Å². The number of thiazole rings is 1. The van der Waals surface area contributed by atoms with Gasteiger partial charge < -0.3 is 24.4 Å². The van der Waals surface area contributed by atoms with Crippen molar-refractivity contribution in [2.24, 2.45) is 0 Å². The monoisotopic (exact) mass is 706 g/mol. The van der Waals surface area contributed by atoms with Crippen molar-refractivity contribution in [1.82, 2.24) is 14.9 Å². The fourth-order valence-corrected chi connectivity index (χ4v) is 6.06. The van der Waals surface area contributed by atoms with E-state index < -0.39 is 18.1 Å². The lowest BCUT2D eigenvalue weighted by Gasteiger charge is -2.32. The van der Waals surface area contributed by atoms with Gasteiger partial charge >= 0.3 is 12.3 Å². The second kappa shape index (κ2) is 16.2. The van der Waals surface area contributed by atoms with Crippen LogP contribution in [0.5, 0.6) is 17.2 Å². The molecule has 1 aliphatic heterocycles. The molecule has 0 aliphatic carbocycles. The Kier molecular flexibility index (Phi) is 12.3. The number of piperidine rings is 1. The van der Waals surface area contributed by atoms with Crippen molar-refractivity contribution in [3.8, 4) is 17.2 Å². The largest absolute Gasteiger partial charge is 0.497 e. The third-order valence-electron chi connectivity index (χ3n) is 6.59. The minimum atomic E-state index is -4.64. The summed E-state index contributed by atoms with van der Waals surface area (Å²) in [6.45, 7) is 6.88. The highest BCUT2D eigenvalue weighted by Crippen LogP contribution is 2.38. The number of aromatic nitrogens is 2. The number of hydrogen-bond donors (Lipinski definition) is 1. The van der Waals surface area contributed by atoms with Crippen molar-refractivity contribution in [3.63, 3.8) is 0 Å². The van der Waals surface area contributed by atoms with Gasteiger partial charge in [0.25, 0.3) is 0 Å². The maximum Gasteiger partial charge on any atom is 0.446 e. The number of ether oxygens (including phenoxy) is 3. The second-order valence-electron chi connectivity index (χ2n) is 11.5. The van der Waals surface area contributed by atoms with Gasteiger partial charge in [0, 0.05) is 46.4 Å². The Morgan fingerprint density at radius 2 is 1.73 bits per heavy atom. The first kappa shape index (κ1) is 36.5. The molecule has 0 radical (unpaired) electrons. The summed E-state index contributed by atoms with van der Waals surface area (Å²) in [7, 11) is 1.64. The normalized spacial score (nSPS) is 13.6. The Hall–Kier alpha value is -4.37. The first-order valence-electron chi connectivity index (χ1n) is 14.7. The molecule has 5 rings (SSSR count). The minimum absolute atomic E-state index is 0.250. The molecule has 0 atom stereocenters. The molecule has 48 heavy (non-hydrogen) atoms. The molecular formula is C33H34F4N4O5S2. The lowest BCUT2D eigenvalue weighted by molar-refractivity contribution is -0.156. The number of hydrogen-bond acceptors (Lipinski definition) is 10. The highest BCUT2D eigenvalue weighted by atomic mass is 32.2. The molecule has 0 saturated carbocycles. The van der Waals surface area contributed by atoms with Gasteiger partial charge in [-0.1, -0.05) is 17.8 Å². The first-order chi connectivity index (χ1) is 22.7. The molecule has 0 unspecified atom stereocenters. The van der Waals surface area contributed by atoms with Gasteiger partial charge in [-0.05, 0) is 76.1 Å². The third-order valence-corrected chi connectivity index (χ3v) is 8.32. The number of anilines is 2. The van der Waals surface area contributed by atoms with E-state index in [1.807, 2.05) is 56.5 Å². The summed E-state index contributed by atoms with van der Waals surface area (Å²) in [4.78, 5) is 34.2. The van der Waals surface area contributed by atoms with Crippen LogP contribution in [-0.2, 0) is 9.53 Å². The molecule has 1 saturated heterocycles. The molecule has 1 fully saturated rings. The molecule has 2 aromatic heterocycles. The van der Waals surface area contributed by atoms with Crippen LogP contribution in [0.25, 0.3) is 0 Å². The third kappa shape index (κ3) is 11.4. The van der Waals surface area contributed by atoms with E-state index in [-0.39, 0.29) is 17.8 Å². The van der Waals surface area contributed by atoms with E-state index in [0.717, 1.165) is 34.1 Å². The number of likely N-dealkylation sites (tertiary alicyclic amines) is 1. The van der Waals surface area contributed by atoms with Crippen molar-refractivity contribution in [2.75, 3.05) is 25.5 Å². The predicted octanol–water partition coefficient (Wildman–Crippen LogP) is 9.23. The first-order valence-corrected chi connectivity index (χ1v) is 16.4. The average molecular weight is 707 g/mol. The molecule has 4 aromatic rings. The molecule has 0 bridgehead atoms. The van der Waals surface area contributed by atoms with Gasteiger partial charge in [-0.25, -0.2) is 19.2 Å². The summed E-state index contributed by atoms with van der Waals surface area (Å²) in [5.74, 6) is 2.14. The minimum Gasteiger partial charge on any atom is -0.497 e. The molecule has 9 nitrogen and oxygen atoms in total. The van der Waals surface area contributed by atoms with Crippen molar-refractivity contribution in [2.45, 2.75) is 61.1 Å². The molecule has 1 amide bonds. The molecule has 256 valence electrons. The standard InChI is InChI=1S/C31H33FN4O4S2.C2HF3O/c1-31(2,3)40-30(37)36-14-12-20(13-15-36)26-19-41-29(34-26)35-28-27(39-22-10-8-21(32)9-11-22)17-25(18-33-28)42-24-7-5-6-23(16-24)38-4;3-2(4,5)1-6/h5-11,16-20H,12-15H2,1-4H3,(H,33,34,35);1H. The smallest absolute Gasteiger partial charge is 0.446 e. The number of aldehydes is 1. The van der Waals surface area contributed by atoms with Crippen LogP contribution in [-0.4, -0.2) is 59.2 Å². The number of alkyl halides is 3. The highest BCUT2D eigenvalue weighted by Gasteiger charge is 2.29. The molecule has 2 aromatic carbocycles. The van der Waals surface area contributed by atoms with Crippen LogP contribution in [0, 0.1) is 5.82 Å². The fourth-order valence-electron chi connectivity index (χ4n) is 4.40. The van der Waals surface area contributed by atoms with Gasteiger partial charge in [-0.2, -0.15) is 13.2 Å². The summed E-state index contributed by atoms with van der Waals surface area (Å²) in [5, 5.41) is 6.04. The maximum absolute atomic E-state index is 13.5. The average Bonchev–Trinajstić information content (AvgIpc) is 3.51. The van der Waals surface area contributed by atoms with E-state index in [4.69, 9.17) is 24.0 Å². The van der Waals surface area contributed by atoms with Crippen molar-refractivity contribution in [1.29, 1.82) is 0 Å². The van der Waals surface area contributed by atoms with Crippen molar-refractivity contribution >= 4 is 46.4 Å². The molecule has 1 aliphatic rings. The Morgan fingerprint density at radius 3 is 2.35 bits per heavy atom. The number of halogens is 4. The Labute approximate surface area is 283 Å². The summed E-state index contributed by atoms with van der Waals surface area (Å²) in [6, 6.07) is 15.5. The lowest BCUT2D eigenvalue weighted by Crippen LogP contribution is -2.41. The molecule has 0 spiro atoms. The van der Waals surface area contributed by atoms with E-state index in [1.54, 1.807) is 30.3 Å².